The number of phenolic OH excluding ortho intramolecular Hbond substituents is 3. The summed E-state index contributed by atoms with van der Waals surface area (Å²) in [5.74, 6) is -1.13. The molecule has 0 aromatic heterocycles. The lowest BCUT2D eigenvalue weighted by Crippen LogP contribution is -2.22. The first-order chi connectivity index (χ1) is 12.9. The lowest BCUT2D eigenvalue weighted by atomic mass is 10.0. The lowest BCUT2D eigenvalue weighted by molar-refractivity contribution is -0.116. The first kappa shape index (κ1) is 19.8. The highest BCUT2D eigenvalue weighted by atomic mass is 16.5. The van der Waals surface area contributed by atoms with Crippen LogP contribution in [0.4, 0.5) is 0 Å². The molecule has 0 aliphatic rings. The number of ether oxygens (including phenoxy) is 1. The average Bonchev–Trinajstić information content (AvgIpc) is 2.64. The Morgan fingerprint density at radius 2 is 1.67 bits per heavy atom. The van der Waals surface area contributed by atoms with Gasteiger partial charge in [-0.25, -0.2) is 0 Å². The summed E-state index contributed by atoms with van der Waals surface area (Å²) in [4.78, 5) is 23.7. The summed E-state index contributed by atoms with van der Waals surface area (Å²) in [5.41, 5.74) is 0.184. The van der Waals surface area contributed by atoms with Crippen LogP contribution in [0.2, 0.25) is 0 Å². The Labute approximate surface area is 156 Å². The van der Waals surface area contributed by atoms with Gasteiger partial charge in [0.1, 0.15) is 23.0 Å². The molecule has 0 saturated carbocycles. The van der Waals surface area contributed by atoms with Crippen LogP contribution in [0.15, 0.2) is 49.1 Å². The number of aromatic hydroxyl groups is 3. The van der Waals surface area contributed by atoms with Crippen LogP contribution < -0.4 is 10.1 Å². The predicted octanol–water partition coefficient (Wildman–Crippen LogP) is 2.50. The molecule has 4 N–H and O–H groups in total. The van der Waals surface area contributed by atoms with Crippen molar-refractivity contribution in [3.63, 3.8) is 0 Å². The summed E-state index contributed by atoms with van der Waals surface area (Å²) in [6, 6.07) is 7.76. The van der Waals surface area contributed by atoms with Crippen LogP contribution in [0.3, 0.4) is 0 Å². The number of phenols is 3. The second kappa shape index (κ2) is 9.28. The average molecular weight is 371 g/mol. The van der Waals surface area contributed by atoms with Crippen LogP contribution in [0.5, 0.6) is 23.0 Å². The molecule has 0 aliphatic heterocycles. The summed E-state index contributed by atoms with van der Waals surface area (Å²) < 4.78 is 5.61. The highest BCUT2D eigenvalue weighted by Crippen LogP contribution is 2.30. The highest BCUT2D eigenvalue weighted by Gasteiger charge is 2.19. The summed E-state index contributed by atoms with van der Waals surface area (Å²) in [5, 5.41) is 31.6. The number of carbonyl (C=O) groups is 2. The zero-order chi connectivity index (χ0) is 19.8. The van der Waals surface area contributed by atoms with Crippen molar-refractivity contribution in [2.75, 3.05) is 13.2 Å². The second-order valence-electron chi connectivity index (χ2n) is 5.76. The molecule has 7 nitrogen and oxygen atoms in total. The topological polar surface area (TPSA) is 116 Å². The van der Waals surface area contributed by atoms with E-state index in [-0.39, 0.29) is 46.6 Å². The summed E-state index contributed by atoms with van der Waals surface area (Å²) >= 11 is 0. The van der Waals surface area contributed by atoms with Crippen molar-refractivity contribution >= 4 is 11.7 Å². The molecule has 2 aromatic rings. The molecule has 0 radical (unpaired) electrons. The van der Waals surface area contributed by atoms with E-state index in [4.69, 9.17) is 4.74 Å². The molecule has 7 heteroatoms. The number of nitrogens with one attached hydrogen (secondary N) is 1. The minimum atomic E-state index is -0.499. The number of amides is 1. The van der Waals surface area contributed by atoms with Crippen LogP contribution in [0, 0.1) is 0 Å². The predicted molar refractivity (Wildman–Crippen MR) is 99.2 cm³/mol. The molecule has 0 fully saturated rings. The maximum absolute atomic E-state index is 12.7. The highest BCUT2D eigenvalue weighted by molar-refractivity contribution is 6.12. The van der Waals surface area contributed by atoms with E-state index in [1.54, 1.807) is 0 Å². The fraction of sp³-hybridized carbons (Fsp3) is 0.200. The quantitative estimate of drug-likeness (QED) is 0.306. The van der Waals surface area contributed by atoms with Crippen LogP contribution >= 0.6 is 0 Å². The van der Waals surface area contributed by atoms with E-state index < -0.39 is 5.78 Å². The van der Waals surface area contributed by atoms with Crippen molar-refractivity contribution in [3.05, 3.63) is 60.2 Å². The van der Waals surface area contributed by atoms with Gasteiger partial charge in [0.15, 0.2) is 5.78 Å². The van der Waals surface area contributed by atoms with Crippen LogP contribution in [0.1, 0.15) is 28.8 Å². The standard InChI is InChI=1S/C20H21NO6/c1-2-19(25)21-9-3-4-10-27-18-12-14(23)6-8-16(18)20(26)15-7-5-13(22)11-17(15)24/h2,5-8,11-12,22-24H,1,3-4,9-10H2,(H,21,25). The molecule has 1 amide bonds. The van der Waals surface area contributed by atoms with Crippen molar-refractivity contribution in [1.82, 2.24) is 5.32 Å². The molecular formula is C20H21NO6. The smallest absolute Gasteiger partial charge is 0.243 e. The third-order valence-electron chi connectivity index (χ3n) is 3.75. The minimum Gasteiger partial charge on any atom is -0.508 e. The number of hydrogen-bond acceptors (Lipinski definition) is 6. The molecule has 0 bridgehead atoms. The monoisotopic (exact) mass is 371 g/mol. The number of hydrogen-bond donors (Lipinski definition) is 4. The van der Waals surface area contributed by atoms with Gasteiger partial charge in [0.25, 0.3) is 0 Å². The Kier molecular flexibility index (Phi) is 6.82. The van der Waals surface area contributed by atoms with E-state index in [0.29, 0.717) is 19.4 Å². The van der Waals surface area contributed by atoms with E-state index in [1.165, 1.54) is 36.4 Å². The van der Waals surface area contributed by atoms with Crippen LogP contribution in [-0.4, -0.2) is 40.2 Å². The molecular weight excluding hydrogens is 350 g/mol. The molecule has 0 atom stereocenters. The Morgan fingerprint density at radius 1 is 1.00 bits per heavy atom. The van der Waals surface area contributed by atoms with Crippen molar-refractivity contribution in [1.29, 1.82) is 0 Å². The molecule has 142 valence electrons. The molecule has 0 heterocycles. The lowest BCUT2D eigenvalue weighted by Gasteiger charge is -2.12. The van der Waals surface area contributed by atoms with Gasteiger partial charge in [-0.15, -0.1) is 0 Å². The van der Waals surface area contributed by atoms with Crippen LogP contribution in [0.25, 0.3) is 0 Å². The molecule has 2 aromatic carbocycles. The van der Waals surface area contributed by atoms with Gasteiger partial charge in [0.05, 0.1) is 17.7 Å². The Balaban J connectivity index is 2.05. The summed E-state index contributed by atoms with van der Waals surface area (Å²) in [7, 11) is 0. The first-order valence-electron chi connectivity index (χ1n) is 8.35. The molecule has 2 rings (SSSR count). The molecule has 0 aliphatic carbocycles. The fourth-order valence-corrected chi connectivity index (χ4v) is 2.37. The molecule has 0 saturated heterocycles. The fourth-order valence-electron chi connectivity index (χ4n) is 2.37. The maximum atomic E-state index is 12.7. The Hall–Kier alpha value is -3.48. The number of ketones is 1. The number of unbranched alkanes of at least 4 members (excludes halogenated alkanes) is 1. The van der Waals surface area contributed by atoms with Gasteiger partial charge >= 0.3 is 0 Å². The maximum Gasteiger partial charge on any atom is 0.243 e. The van der Waals surface area contributed by atoms with Gasteiger partial charge < -0.3 is 25.4 Å². The molecule has 0 spiro atoms. The van der Waals surface area contributed by atoms with Gasteiger partial charge in [-0.05, 0) is 43.2 Å². The third kappa shape index (κ3) is 5.50. The number of rotatable bonds is 9. The van der Waals surface area contributed by atoms with E-state index in [0.717, 1.165) is 6.07 Å². The largest absolute Gasteiger partial charge is 0.508 e. The molecule has 27 heavy (non-hydrogen) atoms. The van der Waals surface area contributed by atoms with E-state index in [2.05, 4.69) is 11.9 Å². The van der Waals surface area contributed by atoms with Gasteiger partial charge in [0, 0.05) is 18.7 Å². The number of carbonyl (C=O) groups excluding carboxylic acids is 2. The van der Waals surface area contributed by atoms with Gasteiger partial charge in [0.2, 0.25) is 5.91 Å². The van der Waals surface area contributed by atoms with E-state index >= 15 is 0 Å². The first-order valence-corrected chi connectivity index (χ1v) is 8.35. The third-order valence-corrected chi connectivity index (χ3v) is 3.75. The van der Waals surface area contributed by atoms with E-state index in [1.807, 2.05) is 0 Å². The summed E-state index contributed by atoms with van der Waals surface area (Å²) in [6.45, 7) is 4.11. The van der Waals surface area contributed by atoms with Gasteiger partial charge in [-0.1, -0.05) is 6.58 Å². The van der Waals surface area contributed by atoms with Crippen molar-refractivity contribution in [2.45, 2.75) is 12.8 Å². The van der Waals surface area contributed by atoms with Crippen LogP contribution in [-0.2, 0) is 4.79 Å². The normalized spacial score (nSPS) is 10.2. The summed E-state index contributed by atoms with van der Waals surface area (Å²) in [6.07, 6.45) is 2.48. The zero-order valence-electron chi connectivity index (χ0n) is 14.6. The Bertz CT molecular complexity index is 846. The van der Waals surface area contributed by atoms with Crippen molar-refractivity contribution in [3.8, 4) is 23.0 Å². The van der Waals surface area contributed by atoms with Gasteiger partial charge in [-0.3, -0.25) is 9.59 Å². The van der Waals surface area contributed by atoms with Gasteiger partial charge in [-0.2, -0.15) is 0 Å². The number of benzene rings is 2. The molecule has 0 unspecified atom stereocenters. The van der Waals surface area contributed by atoms with Crippen molar-refractivity contribution < 1.29 is 29.6 Å². The van der Waals surface area contributed by atoms with E-state index in [9.17, 15) is 24.9 Å². The van der Waals surface area contributed by atoms with Crippen molar-refractivity contribution in [2.24, 2.45) is 0 Å². The Morgan fingerprint density at radius 3 is 2.33 bits per heavy atom. The second-order valence-corrected chi connectivity index (χ2v) is 5.76. The zero-order valence-corrected chi connectivity index (χ0v) is 14.6. The SMILES string of the molecule is C=CC(=O)NCCCCOc1cc(O)ccc1C(=O)c1ccc(O)cc1O. The minimum absolute atomic E-state index is 0.00970.